The van der Waals surface area contributed by atoms with Gasteiger partial charge >= 0.3 is 5.97 Å². The summed E-state index contributed by atoms with van der Waals surface area (Å²) in [5.41, 5.74) is -4.50. The molecule has 0 aromatic carbocycles. The van der Waals surface area contributed by atoms with Crippen LogP contribution in [-0.2, 0) is 38.0 Å². The van der Waals surface area contributed by atoms with Crippen LogP contribution in [0.1, 0.15) is 94.9 Å². The third-order valence-corrected chi connectivity index (χ3v) is 11.9. The molecule has 3 aliphatic heterocycles. The fraction of sp³-hybridized carbons (Fsp3) is 0.946. The number of amides is 1. The molecule has 6 N–H and O–H groups in total. The average Bonchev–Trinajstić information content (AvgIpc) is 3.06. The predicted molar refractivity (Wildman–Crippen MR) is 190 cm³/mol. The van der Waals surface area contributed by atoms with E-state index in [1.54, 1.807) is 55.4 Å². The van der Waals surface area contributed by atoms with Crippen molar-refractivity contribution in [2.75, 3.05) is 20.7 Å². The summed E-state index contributed by atoms with van der Waals surface area (Å²) >= 11 is 0. The fourth-order valence-corrected chi connectivity index (χ4v) is 8.50. The highest BCUT2D eigenvalue weighted by Gasteiger charge is 2.52. The van der Waals surface area contributed by atoms with Crippen LogP contribution in [0.4, 0.5) is 0 Å². The summed E-state index contributed by atoms with van der Waals surface area (Å²) in [4.78, 5) is 27.4. The van der Waals surface area contributed by atoms with Gasteiger partial charge in [-0.2, -0.15) is 0 Å². The number of likely N-dealkylation sites (N-methyl/N-ethyl adjacent to an activating group) is 1. The molecule has 0 bridgehead atoms. The Morgan fingerprint density at radius 3 is 2.19 bits per heavy atom. The van der Waals surface area contributed by atoms with Crippen LogP contribution in [0, 0.1) is 17.8 Å². The smallest absolute Gasteiger partial charge is 0.311 e. The van der Waals surface area contributed by atoms with Gasteiger partial charge in [0, 0.05) is 32.0 Å². The highest BCUT2D eigenvalue weighted by Crippen LogP contribution is 2.40. The van der Waals surface area contributed by atoms with Crippen molar-refractivity contribution in [1.29, 1.82) is 0 Å². The van der Waals surface area contributed by atoms with E-state index in [2.05, 4.69) is 5.32 Å². The molecular weight excluding hydrogens is 680 g/mol. The number of methoxy groups -OCH3 is 1. The summed E-state index contributed by atoms with van der Waals surface area (Å²) in [6, 6.07) is -1.24. The lowest BCUT2D eigenvalue weighted by atomic mass is 9.77. The van der Waals surface area contributed by atoms with E-state index < -0.39 is 108 Å². The maximum Gasteiger partial charge on any atom is 0.311 e. The Labute approximate surface area is 309 Å². The predicted octanol–water partition coefficient (Wildman–Crippen LogP) is 1.09. The van der Waals surface area contributed by atoms with Gasteiger partial charge < -0.3 is 64.2 Å². The van der Waals surface area contributed by atoms with Crippen molar-refractivity contribution in [1.82, 2.24) is 10.2 Å². The molecule has 15 heteroatoms. The number of cyclic esters (lactones) is 1. The summed E-state index contributed by atoms with van der Waals surface area (Å²) in [6.45, 7) is 17.6. The van der Waals surface area contributed by atoms with Crippen LogP contribution in [-0.4, -0.2) is 154 Å². The van der Waals surface area contributed by atoms with Crippen molar-refractivity contribution in [3.8, 4) is 0 Å². The van der Waals surface area contributed by atoms with Gasteiger partial charge in [-0.05, 0) is 80.7 Å². The van der Waals surface area contributed by atoms with Crippen LogP contribution in [0.2, 0.25) is 0 Å². The summed E-state index contributed by atoms with van der Waals surface area (Å²) in [5.74, 6) is -2.79. The molecular formula is C37H68N2O13. The average molecular weight is 749 g/mol. The number of aliphatic hydroxyl groups is 5. The second-order valence-electron chi connectivity index (χ2n) is 16.5. The van der Waals surface area contributed by atoms with Crippen molar-refractivity contribution < 1.29 is 63.5 Å². The summed E-state index contributed by atoms with van der Waals surface area (Å²) in [5, 5.41) is 60.4. The van der Waals surface area contributed by atoms with E-state index in [4.69, 9.17) is 28.4 Å². The lowest BCUT2D eigenvalue weighted by Crippen LogP contribution is -2.60. The Balaban J connectivity index is 2.17. The standard InChI is InChI=1S/C37H68N2O13/c1-13-26-37(10,46)30(42)23(6)39(11)17-19(2)15-35(8,45)32(52-34-28(41)25(38-18-40)14-20(3)48-34)21(4)29(22(5)33(44)50-26)51-27-16-36(9,47-12)31(43)24(7)49-27/h18-32,34,41-43,45-46H,13-17H2,1-12H3,(H,38,40)/t19-,20?,21+,22-,23-,24?,25?,26-,27?,28?,29+,30-,31?,32-,34?,35-,36?,37-/m1/s1. The molecule has 18 atom stereocenters. The Bertz CT molecular complexity index is 1160. The first-order valence-electron chi connectivity index (χ1n) is 18.8. The number of ether oxygens (including phenoxy) is 6. The minimum Gasteiger partial charge on any atom is -0.459 e. The highest BCUT2D eigenvalue weighted by molar-refractivity contribution is 5.73. The minimum atomic E-state index is -1.82. The molecule has 3 fully saturated rings. The third kappa shape index (κ3) is 10.0. The Kier molecular flexibility index (Phi) is 15.5. The molecule has 0 aliphatic carbocycles. The Morgan fingerprint density at radius 2 is 1.62 bits per heavy atom. The molecule has 0 aromatic heterocycles. The van der Waals surface area contributed by atoms with Crippen LogP contribution in [0.25, 0.3) is 0 Å². The van der Waals surface area contributed by atoms with Gasteiger partial charge in [0.05, 0.1) is 47.6 Å². The van der Waals surface area contributed by atoms with Crippen LogP contribution in [0.3, 0.4) is 0 Å². The number of hydrogen-bond donors (Lipinski definition) is 6. The van der Waals surface area contributed by atoms with Crippen LogP contribution >= 0.6 is 0 Å². The van der Waals surface area contributed by atoms with E-state index in [-0.39, 0.29) is 25.2 Å². The van der Waals surface area contributed by atoms with Crippen LogP contribution in [0.5, 0.6) is 0 Å². The van der Waals surface area contributed by atoms with Crippen molar-refractivity contribution in [2.24, 2.45) is 17.8 Å². The van der Waals surface area contributed by atoms with Gasteiger partial charge in [0.15, 0.2) is 12.6 Å². The molecule has 0 radical (unpaired) electrons. The number of rotatable bonds is 8. The van der Waals surface area contributed by atoms with E-state index in [9.17, 15) is 35.1 Å². The minimum absolute atomic E-state index is 0.0999. The number of esters is 1. The van der Waals surface area contributed by atoms with Gasteiger partial charge in [0.1, 0.15) is 30.0 Å². The SMILES string of the molecule is CC[C@H]1OC(=O)[C@H](C)[C@@H](OC2CC(C)(OC)C(O)C(C)O2)[C@H](C)[C@@H](OC2OC(C)CC(NC=O)C2O)[C@](C)(O)C[C@@H](C)CN(C)[C@H](C)[C@@H](O)[C@]1(C)O. The van der Waals surface area contributed by atoms with Crippen LogP contribution in [0.15, 0.2) is 0 Å². The van der Waals surface area contributed by atoms with Gasteiger partial charge in [-0.15, -0.1) is 0 Å². The normalized spacial score (nSPS) is 49.3. The van der Waals surface area contributed by atoms with E-state index >= 15 is 0 Å². The van der Waals surface area contributed by atoms with Gasteiger partial charge in [0.25, 0.3) is 0 Å². The highest BCUT2D eigenvalue weighted by atomic mass is 16.7. The van der Waals surface area contributed by atoms with Crippen molar-refractivity contribution >= 4 is 12.4 Å². The molecule has 1 amide bonds. The molecule has 3 heterocycles. The number of nitrogens with zero attached hydrogens (tertiary/aromatic N) is 1. The van der Waals surface area contributed by atoms with Gasteiger partial charge in [-0.25, -0.2) is 0 Å². The molecule has 3 saturated heterocycles. The van der Waals surface area contributed by atoms with E-state index in [0.29, 0.717) is 19.4 Å². The summed E-state index contributed by atoms with van der Waals surface area (Å²) < 4.78 is 37.1. The first kappa shape index (κ1) is 44.9. The number of aliphatic hydroxyl groups excluding tert-OH is 3. The second-order valence-corrected chi connectivity index (χ2v) is 16.5. The molecule has 3 rings (SSSR count). The quantitative estimate of drug-likeness (QED) is 0.152. The van der Waals surface area contributed by atoms with Gasteiger partial charge in [-0.3, -0.25) is 9.59 Å². The zero-order valence-electron chi connectivity index (χ0n) is 33.2. The number of nitrogens with one attached hydrogen (secondary N) is 1. The van der Waals surface area contributed by atoms with Crippen LogP contribution < -0.4 is 5.32 Å². The van der Waals surface area contributed by atoms with Crippen molar-refractivity contribution in [3.63, 3.8) is 0 Å². The monoisotopic (exact) mass is 748 g/mol. The molecule has 0 spiro atoms. The molecule has 0 aromatic rings. The van der Waals surface area contributed by atoms with Crippen molar-refractivity contribution in [3.05, 3.63) is 0 Å². The largest absolute Gasteiger partial charge is 0.459 e. The third-order valence-electron chi connectivity index (χ3n) is 11.9. The molecule has 8 unspecified atom stereocenters. The van der Waals surface area contributed by atoms with Crippen molar-refractivity contribution in [2.45, 2.75) is 185 Å². The first-order chi connectivity index (χ1) is 24.0. The lowest BCUT2D eigenvalue weighted by molar-refractivity contribution is -0.315. The van der Waals surface area contributed by atoms with E-state index in [1.165, 1.54) is 14.0 Å². The second kappa shape index (κ2) is 18.0. The maximum atomic E-state index is 14.2. The zero-order valence-corrected chi connectivity index (χ0v) is 33.2. The molecule has 3 aliphatic rings. The number of carbonyl (C=O) groups is 2. The molecule has 52 heavy (non-hydrogen) atoms. The first-order valence-corrected chi connectivity index (χ1v) is 18.8. The van der Waals surface area contributed by atoms with E-state index in [1.807, 2.05) is 18.9 Å². The molecule has 0 saturated carbocycles. The summed E-state index contributed by atoms with van der Waals surface area (Å²) in [7, 11) is 3.30. The Morgan fingerprint density at radius 1 is 0.981 bits per heavy atom. The Hall–Kier alpha value is -1.50. The molecule has 304 valence electrons. The van der Waals surface area contributed by atoms with E-state index in [0.717, 1.165) is 0 Å². The topological polar surface area (TPSA) is 206 Å². The lowest BCUT2D eigenvalue weighted by Gasteiger charge is -2.48. The van der Waals surface area contributed by atoms with Gasteiger partial charge in [-0.1, -0.05) is 20.8 Å². The fourth-order valence-electron chi connectivity index (χ4n) is 8.50. The number of hydrogen-bond acceptors (Lipinski definition) is 14. The zero-order chi connectivity index (χ0) is 39.5. The summed E-state index contributed by atoms with van der Waals surface area (Å²) in [6.07, 6.45) is -8.89. The number of carbonyl (C=O) groups excluding carboxylic acids is 2. The molecule has 15 nitrogen and oxygen atoms in total. The van der Waals surface area contributed by atoms with Gasteiger partial charge in [0.2, 0.25) is 6.41 Å². The maximum absolute atomic E-state index is 14.2.